The van der Waals surface area contributed by atoms with Crippen molar-refractivity contribution < 1.29 is 14.4 Å². The Kier molecular flexibility index (Phi) is 5.45. The van der Waals surface area contributed by atoms with Crippen LogP contribution >= 0.6 is 0 Å². The summed E-state index contributed by atoms with van der Waals surface area (Å²) in [5.41, 5.74) is 2.24. The zero-order valence-corrected chi connectivity index (χ0v) is 16.6. The fourth-order valence-electron chi connectivity index (χ4n) is 4.13. The van der Waals surface area contributed by atoms with Gasteiger partial charge in [0.15, 0.2) is 0 Å². The van der Waals surface area contributed by atoms with E-state index >= 15 is 0 Å². The molecule has 0 saturated carbocycles. The molecule has 1 N–H and O–H groups in total. The van der Waals surface area contributed by atoms with Gasteiger partial charge in [0.05, 0.1) is 17.7 Å². The summed E-state index contributed by atoms with van der Waals surface area (Å²) in [4.78, 5) is 41.6. The molecule has 1 saturated heterocycles. The SMILES string of the molecule is CCCN(C(=O)c1cccc(CN2C(=O)c3ccccc3C2=O)c1)C1CCNC1. The molecular weight excluding hydrogens is 366 g/mol. The van der Waals surface area contributed by atoms with Gasteiger partial charge in [-0.05, 0) is 49.2 Å². The maximum Gasteiger partial charge on any atom is 0.261 e. The maximum absolute atomic E-state index is 13.2. The number of nitrogens with one attached hydrogen (secondary N) is 1. The molecule has 1 fully saturated rings. The number of rotatable bonds is 6. The summed E-state index contributed by atoms with van der Waals surface area (Å²) in [5.74, 6) is -0.566. The Morgan fingerprint density at radius 2 is 1.83 bits per heavy atom. The van der Waals surface area contributed by atoms with E-state index in [-0.39, 0.29) is 30.3 Å². The average molecular weight is 391 g/mol. The van der Waals surface area contributed by atoms with Gasteiger partial charge < -0.3 is 10.2 Å². The molecule has 1 unspecified atom stereocenters. The third kappa shape index (κ3) is 3.68. The highest BCUT2D eigenvalue weighted by atomic mass is 16.2. The van der Waals surface area contributed by atoms with Crippen molar-refractivity contribution in [2.45, 2.75) is 32.4 Å². The van der Waals surface area contributed by atoms with Crippen LogP contribution in [0.15, 0.2) is 48.5 Å². The topological polar surface area (TPSA) is 69.7 Å². The van der Waals surface area contributed by atoms with E-state index in [0.717, 1.165) is 31.5 Å². The standard InChI is InChI=1S/C23H25N3O3/c1-2-12-25(18-10-11-24-14-18)21(27)17-7-5-6-16(13-17)15-26-22(28)19-8-3-4-9-20(19)23(26)29/h3-9,13,18,24H,2,10-12,14-15H2,1H3. The first-order chi connectivity index (χ1) is 14.1. The number of carbonyl (C=O) groups is 3. The molecule has 0 aromatic heterocycles. The van der Waals surface area contributed by atoms with Crippen LogP contribution in [0.25, 0.3) is 0 Å². The van der Waals surface area contributed by atoms with E-state index < -0.39 is 0 Å². The third-order valence-electron chi connectivity index (χ3n) is 5.59. The second-order valence-corrected chi connectivity index (χ2v) is 7.59. The van der Waals surface area contributed by atoms with E-state index in [1.807, 2.05) is 17.0 Å². The maximum atomic E-state index is 13.2. The first-order valence-corrected chi connectivity index (χ1v) is 10.2. The van der Waals surface area contributed by atoms with Crippen molar-refractivity contribution in [2.24, 2.45) is 0 Å². The minimum atomic E-state index is -0.285. The summed E-state index contributed by atoms with van der Waals surface area (Å²) in [6.07, 6.45) is 1.86. The molecule has 0 bridgehead atoms. The van der Waals surface area contributed by atoms with Crippen LogP contribution in [0.4, 0.5) is 0 Å². The number of imide groups is 1. The Balaban J connectivity index is 1.54. The van der Waals surface area contributed by atoms with E-state index in [4.69, 9.17) is 0 Å². The molecule has 1 atom stereocenters. The molecule has 2 aromatic rings. The largest absolute Gasteiger partial charge is 0.334 e. The molecular formula is C23H25N3O3. The molecule has 0 aliphatic carbocycles. The normalized spacial score (nSPS) is 18.2. The highest BCUT2D eigenvalue weighted by Crippen LogP contribution is 2.25. The van der Waals surface area contributed by atoms with Gasteiger partial charge >= 0.3 is 0 Å². The highest BCUT2D eigenvalue weighted by Gasteiger charge is 2.35. The summed E-state index contributed by atoms with van der Waals surface area (Å²) < 4.78 is 0. The molecule has 2 aliphatic rings. The van der Waals surface area contributed by atoms with Crippen LogP contribution in [0.1, 0.15) is 56.4 Å². The van der Waals surface area contributed by atoms with Crippen molar-refractivity contribution >= 4 is 17.7 Å². The minimum absolute atomic E-state index is 0.00441. The second kappa shape index (κ2) is 8.17. The Hall–Kier alpha value is -2.99. The molecule has 2 heterocycles. The zero-order valence-electron chi connectivity index (χ0n) is 16.6. The molecule has 3 amide bonds. The van der Waals surface area contributed by atoms with Crippen molar-refractivity contribution in [3.05, 3.63) is 70.8 Å². The smallest absolute Gasteiger partial charge is 0.261 e. The quantitative estimate of drug-likeness (QED) is 0.769. The molecule has 4 rings (SSSR count). The molecule has 0 radical (unpaired) electrons. The van der Waals surface area contributed by atoms with E-state index in [1.54, 1.807) is 36.4 Å². The van der Waals surface area contributed by atoms with Gasteiger partial charge in [-0.15, -0.1) is 0 Å². The van der Waals surface area contributed by atoms with Crippen LogP contribution in [0.2, 0.25) is 0 Å². The fourth-order valence-corrected chi connectivity index (χ4v) is 4.13. The van der Waals surface area contributed by atoms with Crippen molar-refractivity contribution in [3.63, 3.8) is 0 Å². The molecule has 2 aliphatic heterocycles. The number of carbonyl (C=O) groups excluding carboxylic acids is 3. The van der Waals surface area contributed by atoms with Gasteiger partial charge in [0.25, 0.3) is 17.7 Å². The Morgan fingerprint density at radius 1 is 1.10 bits per heavy atom. The molecule has 6 nitrogen and oxygen atoms in total. The summed E-state index contributed by atoms with van der Waals surface area (Å²) in [5, 5.41) is 3.32. The predicted octanol–water partition coefficient (Wildman–Crippen LogP) is 2.70. The van der Waals surface area contributed by atoms with Crippen molar-refractivity contribution in [1.82, 2.24) is 15.1 Å². The molecule has 0 spiro atoms. The fraction of sp³-hybridized carbons (Fsp3) is 0.348. The van der Waals surface area contributed by atoms with Crippen LogP contribution in [-0.4, -0.2) is 53.2 Å². The van der Waals surface area contributed by atoms with Crippen LogP contribution in [0.5, 0.6) is 0 Å². The average Bonchev–Trinajstić information content (AvgIpc) is 3.36. The second-order valence-electron chi connectivity index (χ2n) is 7.59. The number of nitrogens with zero attached hydrogens (tertiary/aromatic N) is 2. The number of hydrogen-bond donors (Lipinski definition) is 1. The lowest BCUT2D eigenvalue weighted by Gasteiger charge is -2.28. The van der Waals surface area contributed by atoms with E-state index in [9.17, 15) is 14.4 Å². The first kappa shape index (κ1) is 19.3. The predicted molar refractivity (Wildman–Crippen MR) is 110 cm³/mol. The van der Waals surface area contributed by atoms with Crippen LogP contribution in [0.3, 0.4) is 0 Å². The van der Waals surface area contributed by atoms with Gasteiger partial charge in [-0.1, -0.05) is 31.2 Å². The number of amides is 3. The summed E-state index contributed by atoms with van der Waals surface area (Å²) >= 11 is 0. The molecule has 2 aromatic carbocycles. The highest BCUT2D eigenvalue weighted by molar-refractivity contribution is 6.21. The van der Waals surface area contributed by atoms with Crippen molar-refractivity contribution in [1.29, 1.82) is 0 Å². The Labute approximate surface area is 170 Å². The van der Waals surface area contributed by atoms with E-state index in [1.165, 1.54) is 4.90 Å². The van der Waals surface area contributed by atoms with Gasteiger partial charge in [0.2, 0.25) is 0 Å². The van der Waals surface area contributed by atoms with Crippen molar-refractivity contribution in [3.8, 4) is 0 Å². The zero-order chi connectivity index (χ0) is 20.4. The molecule has 6 heteroatoms. The third-order valence-corrected chi connectivity index (χ3v) is 5.59. The lowest BCUT2D eigenvalue weighted by Crippen LogP contribution is -2.42. The van der Waals surface area contributed by atoms with Crippen LogP contribution in [-0.2, 0) is 6.54 Å². The van der Waals surface area contributed by atoms with Gasteiger partial charge in [0.1, 0.15) is 0 Å². The molecule has 150 valence electrons. The Morgan fingerprint density at radius 3 is 2.45 bits per heavy atom. The summed E-state index contributed by atoms with van der Waals surface area (Å²) in [6, 6.07) is 14.3. The summed E-state index contributed by atoms with van der Waals surface area (Å²) in [7, 11) is 0. The van der Waals surface area contributed by atoms with Crippen molar-refractivity contribution in [2.75, 3.05) is 19.6 Å². The minimum Gasteiger partial charge on any atom is -0.334 e. The van der Waals surface area contributed by atoms with E-state index in [2.05, 4.69) is 12.2 Å². The summed E-state index contributed by atoms with van der Waals surface area (Å²) in [6.45, 7) is 4.69. The van der Waals surface area contributed by atoms with Gasteiger partial charge in [0, 0.05) is 24.7 Å². The monoisotopic (exact) mass is 391 g/mol. The van der Waals surface area contributed by atoms with E-state index in [0.29, 0.717) is 23.2 Å². The van der Waals surface area contributed by atoms with Gasteiger partial charge in [-0.25, -0.2) is 0 Å². The number of fused-ring (bicyclic) bond motifs is 1. The lowest BCUT2D eigenvalue weighted by molar-refractivity contribution is 0.0641. The number of benzene rings is 2. The molecule has 29 heavy (non-hydrogen) atoms. The Bertz CT molecular complexity index is 915. The van der Waals surface area contributed by atoms with Crippen LogP contribution < -0.4 is 5.32 Å². The first-order valence-electron chi connectivity index (χ1n) is 10.2. The number of hydrogen-bond acceptors (Lipinski definition) is 4. The lowest BCUT2D eigenvalue weighted by atomic mass is 10.1. The van der Waals surface area contributed by atoms with Gasteiger partial charge in [-0.3, -0.25) is 19.3 Å². The van der Waals surface area contributed by atoms with Gasteiger partial charge in [-0.2, -0.15) is 0 Å². The van der Waals surface area contributed by atoms with Crippen LogP contribution in [0, 0.1) is 0 Å².